The molecule has 0 saturated heterocycles. The van der Waals surface area contributed by atoms with Crippen LogP contribution in [0, 0.1) is 0 Å². The van der Waals surface area contributed by atoms with Gasteiger partial charge >= 0.3 is 0 Å². The van der Waals surface area contributed by atoms with E-state index in [2.05, 4.69) is 107 Å². The third-order valence-corrected chi connectivity index (χ3v) is 5.63. The molecule has 5 aromatic rings. The SMILES string of the molecule is c1ccc(-c2cc3c4c(cncc4c2)N(c2ccccc2)c2ccccc2-3)cc1. The highest BCUT2D eigenvalue weighted by Crippen LogP contribution is 2.51. The van der Waals surface area contributed by atoms with Gasteiger partial charge in [-0.3, -0.25) is 4.98 Å². The summed E-state index contributed by atoms with van der Waals surface area (Å²) in [6, 6.07) is 34.3. The molecule has 4 aromatic carbocycles. The molecule has 2 heterocycles. The molecule has 1 aliphatic rings. The molecule has 0 aliphatic carbocycles. The van der Waals surface area contributed by atoms with Gasteiger partial charge in [0.1, 0.15) is 0 Å². The first-order valence-corrected chi connectivity index (χ1v) is 9.82. The topological polar surface area (TPSA) is 16.1 Å². The van der Waals surface area contributed by atoms with Gasteiger partial charge in [0.05, 0.1) is 17.6 Å². The zero-order valence-electron chi connectivity index (χ0n) is 15.8. The molecular formula is C27H18N2. The summed E-state index contributed by atoms with van der Waals surface area (Å²) in [4.78, 5) is 6.92. The molecule has 0 atom stereocenters. The maximum atomic E-state index is 4.60. The summed E-state index contributed by atoms with van der Waals surface area (Å²) in [6.45, 7) is 0. The number of hydrogen-bond donors (Lipinski definition) is 0. The molecular weight excluding hydrogens is 352 g/mol. The fourth-order valence-electron chi connectivity index (χ4n) is 4.37. The third-order valence-electron chi connectivity index (χ3n) is 5.63. The van der Waals surface area contributed by atoms with Gasteiger partial charge in [-0.05, 0) is 47.0 Å². The minimum absolute atomic E-state index is 1.13. The van der Waals surface area contributed by atoms with Gasteiger partial charge in [-0.1, -0.05) is 66.7 Å². The first-order valence-electron chi connectivity index (χ1n) is 9.82. The predicted molar refractivity (Wildman–Crippen MR) is 121 cm³/mol. The molecule has 29 heavy (non-hydrogen) atoms. The highest BCUT2D eigenvalue weighted by molar-refractivity contribution is 6.14. The molecule has 0 N–H and O–H groups in total. The Morgan fingerprint density at radius 2 is 1.28 bits per heavy atom. The number of anilines is 3. The van der Waals surface area contributed by atoms with Gasteiger partial charge in [-0.2, -0.15) is 0 Å². The van der Waals surface area contributed by atoms with Crippen LogP contribution < -0.4 is 4.90 Å². The van der Waals surface area contributed by atoms with E-state index in [1.807, 2.05) is 12.4 Å². The van der Waals surface area contributed by atoms with Crippen LogP contribution in [0.4, 0.5) is 17.1 Å². The smallest absolute Gasteiger partial charge is 0.0729 e. The molecule has 2 heteroatoms. The molecule has 0 saturated carbocycles. The van der Waals surface area contributed by atoms with Crippen molar-refractivity contribution in [3.8, 4) is 22.3 Å². The van der Waals surface area contributed by atoms with Crippen LogP contribution in [0.2, 0.25) is 0 Å². The average Bonchev–Trinajstić information content (AvgIpc) is 2.80. The normalized spacial score (nSPS) is 12.1. The minimum atomic E-state index is 1.13. The van der Waals surface area contributed by atoms with E-state index in [1.165, 1.54) is 33.3 Å². The quantitative estimate of drug-likeness (QED) is 0.317. The van der Waals surface area contributed by atoms with Crippen molar-refractivity contribution in [1.29, 1.82) is 0 Å². The van der Waals surface area contributed by atoms with Gasteiger partial charge in [0.25, 0.3) is 0 Å². The molecule has 0 fully saturated rings. The summed E-state index contributed by atoms with van der Waals surface area (Å²) in [6.07, 6.45) is 3.96. The lowest BCUT2D eigenvalue weighted by Crippen LogP contribution is -2.15. The Labute approximate surface area is 169 Å². The molecule has 0 spiro atoms. The van der Waals surface area contributed by atoms with Gasteiger partial charge in [0.2, 0.25) is 0 Å². The lowest BCUT2D eigenvalue weighted by molar-refractivity contribution is 1.24. The minimum Gasteiger partial charge on any atom is -0.308 e. The van der Waals surface area contributed by atoms with Gasteiger partial charge in [-0.25, -0.2) is 0 Å². The summed E-state index contributed by atoms with van der Waals surface area (Å²) < 4.78 is 0. The van der Waals surface area contributed by atoms with Crippen molar-refractivity contribution >= 4 is 27.8 Å². The van der Waals surface area contributed by atoms with Gasteiger partial charge < -0.3 is 4.90 Å². The third kappa shape index (κ3) is 2.46. The number of pyridine rings is 1. The van der Waals surface area contributed by atoms with Crippen molar-refractivity contribution in [2.45, 2.75) is 0 Å². The number of para-hydroxylation sites is 2. The Morgan fingerprint density at radius 3 is 2.10 bits per heavy atom. The maximum Gasteiger partial charge on any atom is 0.0729 e. The number of nitrogens with zero attached hydrogens (tertiary/aromatic N) is 2. The van der Waals surface area contributed by atoms with E-state index in [-0.39, 0.29) is 0 Å². The summed E-state index contributed by atoms with van der Waals surface area (Å²) >= 11 is 0. The van der Waals surface area contributed by atoms with E-state index in [1.54, 1.807) is 0 Å². The van der Waals surface area contributed by atoms with E-state index in [0.29, 0.717) is 0 Å². The Balaban J connectivity index is 1.71. The van der Waals surface area contributed by atoms with Crippen LogP contribution in [0.5, 0.6) is 0 Å². The molecule has 2 nitrogen and oxygen atoms in total. The second kappa shape index (κ2) is 6.32. The van der Waals surface area contributed by atoms with Crippen LogP contribution in [0.15, 0.2) is 109 Å². The first-order chi connectivity index (χ1) is 14.4. The van der Waals surface area contributed by atoms with Crippen molar-refractivity contribution in [3.63, 3.8) is 0 Å². The molecule has 136 valence electrons. The number of fused-ring (bicyclic) bond motifs is 2. The molecule has 0 unspecified atom stereocenters. The van der Waals surface area contributed by atoms with Crippen LogP contribution in [0.25, 0.3) is 33.0 Å². The van der Waals surface area contributed by atoms with E-state index in [4.69, 9.17) is 0 Å². The largest absolute Gasteiger partial charge is 0.308 e. The van der Waals surface area contributed by atoms with Crippen LogP contribution in [0.1, 0.15) is 0 Å². The van der Waals surface area contributed by atoms with Crippen LogP contribution in [0.3, 0.4) is 0 Å². The highest BCUT2D eigenvalue weighted by Gasteiger charge is 2.26. The van der Waals surface area contributed by atoms with Gasteiger partial charge in [-0.15, -0.1) is 0 Å². The van der Waals surface area contributed by atoms with E-state index >= 15 is 0 Å². The molecule has 1 aliphatic heterocycles. The lowest BCUT2D eigenvalue weighted by Gasteiger charge is -2.33. The Bertz CT molecular complexity index is 1340. The highest BCUT2D eigenvalue weighted by atomic mass is 15.2. The Hall–Kier alpha value is -3.91. The summed E-state index contributed by atoms with van der Waals surface area (Å²) in [5.41, 5.74) is 8.41. The fraction of sp³-hybridized carbons (Fsp3) is 0. The molecule has 0 radical (unpaired) electrons. The molecule has 1 aromatic heterocycles. The maximum absolute atomic E-state index is 4.60. The molecule has 0 amide bonds. The zero-order chi connectivity index (χ0) is 19.2. The number of hydrogen-bond acceptors (Lipinski definition) is 2. The fourth-order valence-corrected chi connectivity index (χ4v) is 4.37. The average molecular weight is 370 g/mol. The summed E-state index contributed by atoms with van der Waals surface area (Å²) in [5.74, 6) is 0. The van der Waals surface area contributed by atoms with Crippen molar-refractivity contribution in [1.82, 2.24) is 4.98 Å². The van der Waals surface area contributed by atoms with E-state index in [9.17, 15) is 0 Å². The number of benzene rings is 4. The Kier molecular flexibility index (Phi) is 3.50. The first kappa shape index (κ1) is 16.1. The molecule has 6 rings (SSSR count). The number of aromatic nitrogens is 1. The standard InChI is InChI=1S/C27H18N2/c1-3-9-19(10-4-1)20-15-21-17-28-18-26-27(21)24(16-20)23-13-7-8-14-25(23)29(26)22-11-5-2-6-12-22/h1-18H. The number of rotatable bonds is 2. The van der Waals surface area contributed by atoms with Crippen molar-refractivity contribution < 1.29 is 0 Å². The van der Waals surface area contributed by atoms with E-state index in [0.717, 1.165) is 16.8 Å². The van der Waals surface area contributed by atoms with Crippen LogP contribution in [-0.2, 0) is 0 Å². The van der Waals surface area contributed by atoms with Crippen molar-refractivity contribution in [2.24, 2.45) is 0 Å². The lowest BCUT2D eigenvalue weighted by atomic mass is 9.89. The zero-order valence-corrected chi connectivity index (χ0v) is 15.8. The Morgan fingerprint density at radius 1 is 0.552 bits per heavy atom. The van der Waals surface area contributed by atoms with Crippen LogP contribution in [-0.4, -0.2) is 4.98 Å². The van der Waals surface area contributed by atoms with Crippen molar-refractivity contribution in [3.05, 3.63) is 109 Å². The predicted octanol–water partition coefficient (Wildman–Crippen LogP) is 7.35. The molecule has 0 bridgehead atoms. The van der Waals surface area contributed by atoms with Gasteiger partial charge in [0, 0.05) is 28.2 Å². The second-order valence-electron chi connectivity index (χ2n) is 7.33. The van der Waals surface area contributed by atoms with Crippen molar-refractivity contribution in [2.75, 3.05) is 4.90 Å². The summed E-state index contributed by atoms with van der Waals surface area (Å²) in [5, 5.41) is 2.41. The van der Waals surface area contributed by atoms with E-state index < -0.39 is 0 Å². The summed E-state index contributed by atoms with van der Waals surface area (Å²) in [7, 11) is 0. The second-order valence-corrected chi connectivity index (χ2v) is 7.33. The van der Waals surface area contributed by atoms with Crippen LogP contribution >= 0.6 is 0 Å². The van der Waals surface area contributed by atoms with Gasteiger partial charge in [0.15, 0.2) is 0 Å². The monoisotopic (exact) mass is 370 g/mol.